The third-order valence-corrected chi connectivity index (χ3v) is 4.40. The SMILES string of the molecule is CC(c1nc2ccccc2c(=O)[nH]1)N1CCN(CCO)CC1. The smallest absolute Gasteiger partial charge is 0.258 e. The molecule has 0 radical (unpaired) electrons. The van der Waals surface area contributed by atoms with Gasteiger partial charge in [-0.1, -0.05) is 12.1 Å². The maximum Gasteiger partial charge on any atom is 0.258 e. The summed E-state index contributed by atoms with van der Waals surface area (Å²) in [5.74, 6) is 0.722. The van der Waals surface area contributed by atoms with Crippen LogP contribution in [-0.4, -0.2) is 64.2 Å². The maximum atomic E-state index is 12.2. The summed E-state index contributed by atoms with van der Waals surface area (Å²) in [5.41, 5.74) is 0.665. The molecule has 0 bridgehead atoms. The van der Waals surface area contributed by atoms with Crippen molar-refractivity contribution in [2.24, 2.45) is 0 Å². The van der Waals surface area contributed by atoms with Gasteiger partial charge in [-0.15, -0.1) is 0 Å². The number of nitrogens with one attached hydrogen (secondary N) is 1. The number of rotatable bonds is 4. The molecule has 6 nitrogen and oxygen atoms in total. The van der Waals surface area contributed by atoms with Gasteiger partial charge in [0.05, 0.1) is 23.6 Å². The standard InChI is InChI=1S/C16H22N4O2/c1-12(20-8-6-19(7-9-20)10-11-21)15-17-14-5-3-2-4-13(14)16(22)18-15/h2-5,12,21H,6-11H2,1H3,(H,17,18,22). The Labute approximate surface area is 129 Å². The highest BCUT2D eigenvalue weighted by Crippen LogP contribution is 2.19. The second kappa shape index (κ2) is 6.56. The molecule has 2 aromatic rings. The Kier molecular flexibility index (Phi) is 4.52. The van der Waals surface area contributed by atoms with E-state index in [1.54, 1.807) is 6.07 Å². The summed E-state index contributed by atoms with van der Waals surface area (Å²) in [7, 11) is 0. The fourth-order valence-electron chi connectivity index (χ4n) is 2.99. The summed E-state index contributed by atoms with van der Waals surface area (Å²) >= 11 is 0. The fraction of sp³-hybridized carbons (Fsp3) is 0.500. The van der Waals surface area contributed by atoms with Crippen molar-refractivity contribution < 1.29 is 5.11 Å². The largest absolute Gasteiger partial charge is 0.395 e. The van der Waals surface area contributed by atoms with Gasteiger partial charge in [0.1, 0.15) is 5.82 Å². The minimum atomic E-state index is -0.0774. The number of fused-ring (bicyclic) bond motifs is 1. The topological polar surface area (TPSA) is 72.5 Å². The monoisotopic (exact) mass is 302 g/mol. The molecule has 1 aromatic carbocycles. The van der Waals surface area contributed by atoms with Gasteiger partial charge in [-0.2, -0.15) is 0 Å². The molecule has 1 aliphatic rings. The quantitative estimate of drug-likeness (QED) is 0.865. The third-order valence-electron chi connectivity index (χ3n) is 4.40. The average Bonchev–Trinajstić information content (AvgIpc) is 2.55. The number of piperazine rings is 1. The molecule has 6 heteroatoms. The summed E-state index contributed by atoms with van der Waals surface area (Å²) in [6.07, 6.45) is 0. The summed E-state index contributed by atoms with van der Waals surface area (Å²) in [4.78, 5) is 24.3. The first-order valence-electron chi connectivity index (χ1n) is 7.75. The van der Waals surface area contributed by atoms with E-state index in [0.717, 1.165) is 44.1 Å². The van der Waals surface area contributed by atoms with Crippen molar-refractivity contribution in [2.45, 2.75) is 13.0 Å². The van der Waals surface area contributed by atoms with Crippen molar-refractivity contribution >= 4 is 10.9 Å². The molecular weight excluding hydrogens is 280 g/mol. The highest BCUT2D eigenvalue weighted by atomic mass is 16.3. The first-order valence-corrected chi connectivity index (χ1v) is 7.75. The van der Waals surface area contributed by atoms with Crippen molar-refractivity contribution in [3.63, 3.8) is 0 Å². The van der Waals surface area contributed by atoms with Crippen LogP contribution in [0.4, 0.5) is 0 Å². The van der Waals surface area contributed by atoms with Crippen molar-refractivity contribution in [3.05, 3.63) is 40.4 Å². The molecule has 0 spiro atoms. The zero-order chi connectivity index (χ0) is 15.5. The molecular formula is C16H22N4O2. The first kappa shape index (κ1) is 15.1. The zero-order valence-electron chi connectivity index (χ0n) is 12.8. The summed E-state index contributed by atoms with van der Waals surface area (Å²) in [6, 6.07) is 7.50. The predicted octanol–water partition coefficient (Wildman–Crippen LogP) is 0.594. The van der Waals surface area contributed by atoms with E-state index in [9.17, 15) is 4.79 Å². The minimum absolute atomic E-state index is 0.0774. The van der Waals surface area contributed by atoms with E-state index in [-0.39, 0.29) is 18.2 Å². The highest BCUT2D eigenvalue weighted by molar-refractivity contribution is 5.77. The van der Waals surface area contributed by atoms with Crippen molar-refractivity contribution in [3.8, 4) is 0 Å². The zero-order valence-corrected chi connectivity index (χ0v) is 12.8. The molecule has 22 heavy (non-hydrogen) atoms. The van der Waals surface area contributed by atoms with Crippen LogP contribution in [-0.2, 0) is 0 Å². The normalized spacial score (nSPS) is 18.6. The lowest BCUT2D eigenvalue weighted by Gasteiger charge is -2.37. The van der Waals surface area contributed by atoms with E-state index >= 15 is 0 Å². The lowest BCUT2D eigenvalue weighted by atomic mass is 10.2. The molecule has 2 N–H and O–H groups in total. The molecule has 1 saturated heterocycles. The second-order valence-electron chi connectivity index (χ2n) is 5.75. The van der Waals surface area contributed by atoms with E-state index in [1.807, 2.05) is 18.2 Å². The molecule has 118 valence electrons. The Morgan fingerprint density at radius 2 is 2.00 bits per heavy atom. The summed E-state index contributed by atoms with van der Waals surface area (Å²) in [6.45, 7) is 6.71. The number of hydrogen-bond donors (Lipinski definition) is 2. The molecule has 2 heterocycles. The molecule has 3 rings (SSSR count). The van der Waals surface area contributed by atoms with E-state index in [4.69, 9.17) is 5.11 Å². The Balaban J connectivity index is 1.78. The molecule has 1 fully saturated rings. The van der Waals surface area contributed by atoms with E-state index in [0.29, 0.717) is 5.39 Å². The van der Waals surface area contributed by atoms with E-state index < -0.39 is 0 Å². The summed E-state index contributed by atoms with van der Waals surface area (Å²) < 4.78 is 0. The van der Waals surface area contributed by atoms with Crippen LogP contribution in [0.1, 0.15) is 18.8 Å². The van der Waals surface area contributed by atoms with Crippen LogP contribution in [0, 0.1) is 0 Å². The predicted molar refractivity (Wildman–Crippen MR) is 85.9 cm³/mol. The number of H-pyrrole nitrogens is 1. The Morgan fingerprint density at radius 1 is 1.27 bits per heavy atom. The van der Waals surface area contributed by atoms with Crippen LogP contribution in [0.3, 0.4) is 0 Å². The Hall–Kier alpha value is -1.76. The molecule has 1 aliphatic heterocycles. The number of aromatic nitrogens is 2. The van der Waals surface area contributed by atoms with Gasteiger partial charge in [-0.25, -0.2) is 4.98 Å². The molecule has 0 amide bonds. The van der Waals surface area contributed by atoms with Gasteiger partial charge < -0.3 is 10.1 Å². The second-order valence-corrected chi connectivity index (χ2v) is 5.75. The molecule has 1 unspecified atom stereocenters. The lowest BCUT2D eigenvalue weighted by molar-refractivity contribution is 0.0862. The number of aliphatic hydroxyl groups is 1. The van der Waals surface area contributed by atoms with Gasteiger partial charge in [0.15, 0.2) is 0 Å². The van der Waals surface area contributed by atoms with Crippen LogP contribution in [0.5, 0.6) is 0 Å². The van der Waals surface area contributed by atoms with Gasteiger partial charge in [-0.05, 0) is 19.1 Å². The van der Waals surface area contributed by atoms with Gasteiger partial charge >= 0.3 is 0 Å². The maximum absolute atomic E-state index is 12.2. The van der Waals surface area contributed by atoms with Crippen LogP contribution < -0.4 is 5.56 Å². The lowest BCUT2D eigenvalue weighted by Crippen LogP contribution is -2.48. The number of para-hydroxylation sites is 1. The third kappa shape index (κ3) is 3.04. The molecule has 0 saturated carbocycles. The van der Waals surface area contributed by atoms with Crippen LogP contribution in [0.15, 0.2) is 29.1 Å². The highest BCUT2D eigenvalue weighted by Gasteiger charge is 2.23. The Bertz CT molecular complexity index is 692. The molecule has 0 aliphatic carbocycles. The van der Waals surface area contributed by atoms with Crippen molar-refractivity contribution in [1.82, 2.24) is 19.8 Å². The molecule has 1 atom stereocenters. The molecule has 1 aromatic heterocycles. The van der Waals surface area contributed by atoms with Crippen LogP contribution >= 0.6 is 0 Å². The van der Waals surface area contributed by atoms with Gasteiger partial charge in [0, 0.05) is 32.7 Å². The number of hydrogen-bond acceptors (Lipinski definition) is 5. The number of β-amino-alcohol motifs (C(OH)–C–C–N with tert-alkyl or cyclic N) is 1. The van der Waals surface area contributed by atoms with E-state index in [2.05, 4.69) is 26.7 Å². The first-order chi connectivity index (χ1) is 10.7. The van der Waals surface area contributed by atoms with Gasteiger partial charge in [0.2, 0.25) is 0 Å². The Morgan fingerprint density at radius 3 is 2.73 bits per heavy atom. The van der Waals surface area contributed by atoms with Gasteiger partial charge in [-0.3, -0.25) is 14.6 Å². The van der Waals surface area contributed by atoms with Crippen LogP contribution in [0.2, 0.25) is 0 Å². The van der Waals surface area contributed by atoms with Crippen molar-refractivity contribution in [2.75, 3.05) is 39.3 Å². The minimum Gasteiger partial charge on any atom is -0.395 e. The number of nitrogens with zero attached hydrogens (tertiary/aromatic N) is 3. The van der Waals surface area contributed by atoms with E-state index in [1.165, 1.54) is 0 Å². The number of aromatic amines is 1. The average molecular weight is 302 g/mol. The summed E-state index contributed by atoms with van der Waals surface area (Å²) in [5, 5.41) is 9.63. The van der Waals surface area contributed by atoms with Crippen LogP contribution in [0.25, 0.3) is 10.9 Å². The fourth-order valence-corrected chi connectivity index (χ4v) is 2.99. The van der Waals surface area contributed by atoms with Crippen molar-refractivity contribution in [1.29, 1.82) is 0 Å². The number of aliphatic hydroxyl groups excluding tert-OH is 1. The van der Waals surface area contributed by atoms with Gasteiger partial charge in [0.25, 0.3) is 5.56 Å². The number of benzene rings is 1.